The van der Waals surface area contributed by atoms with E-state index < -0.39 is 0 Å². The molecule has 0 radical (unpaired) electrons. The van der Waals surface area contributed by atoms with Gasteiger partial charge in [-0.2, -0.15) is 0 Å². The molecule has 1 N–H and O–H groups in total. The first-order valence-corrected chi connectivity index (χ1v) is 9.68. The molecule has 0 aliphatic carbocycles. The fourth-order valence-corrected chi connectivity index (χ4v) is 4.09. The average Bonchev–Trinajstić information content (AvgIpc) is 2.68. The van der Waals surface area contributed by atoms with Crippen molar-refractivity contribution < 1.29 is 13.9 Å². The number of carbonyl (C=O) groups excluding carboxylic acids is 1. The minimum Gasteiger partial charge on any atom is -0.493 e. The number of ether oxygens (including phenoxy) is 1. The lowest BCUT2D eigenvalue weighted by Crippen LogP contribution is -2.44. The lowest BCUT2D eigenvalue weighted by Gasteiger charge is -2.34. The zero-order valence-corrected chi connectivity index (χ0v) is 15.4. The maximum Gasteiger partial charge on any atom is 0.224 e. The molecule has 0 bridgehead atoms. The van der Waals surface area contributed by atoms with Crippen molar-refractivity contribution >= 4 is 5.91 Å². The number of fused-ring (bicyclic) bond motifs is 1. The Morgan fingerprint density at radius 3 is 2.96 bits per heavy atom. The minimum absolute atomic E-state index is 0.0149. The number of rotatable bonds is 4. The number of benzene rings is 2. The van der Waals surface area contributed by atoms with Gasteiger partial charge in [0, 0.05) is 25.1 Å². The Balaban J connectivity index is 1.38. The van der Waals surface area contributed by atoms with Gasteiger partial charge < -0.3 is 10.1 Å². The van der Waals surface area contributed by atoms with E-state index in [0.717, 1.165) is 42.7 Å². The van der Waals surface area contributed by atoms with Gasteiger partial charge in [0.25, 0.3) is 0 Å². The molecular formula is C22H25FN2O2. The Bertz CT molecular complexity index is 810. The second-order valence-electron chi connectivity index (χ2n) is 7.44. The predicted octanol–water partition coefficient (Wildman–Crippen LogP) is 3.68. The molecule has 0 unspecified atom stereocenters. The third kappa shape index (κ3) is 4.30. The fraction of sp³-hybridized carbons (Fsp3) is 0.409. The van der Waals surface area contributed by atoms with Gasteiger partial charge in [-0.3, -0.25) is 9.69 Å². The number of para-hydroxylation sites is 1. The largest absolute Gasteiger partial charge is 0.493 e. The van der Waals surface area contributed by atoms with Crippen molar-refractivity contribution in [2.45, 2.75) is 31.8 Å². The van der Waals surface area contributed by atoms with Crippen LogP contribution in [0.15, 0.2) is 48.5 Å². The van der Waals surface area contributed by atoms with Crippen LogP contribution in [-0.2, 0) is 11.3 Å². The van der Waals surface area contributed by atoms with Crippen molar-refractivity contribution in [1.29, 1.82) is 0 Å². The summed E-state index contributed by atoms with van der Waals surface area (Å²) in [6, 6.07) is 14.6. The standard InChI is InChI=1S/C22H25FN2O2/c23-18-7-3-5-16(13-18)14-25-11-4-6-17(15-25)22(26)24-20-10-12-27-21-9-2-1-8-19(20)21/h1-3,5,7-9,13,17,20H,4,6,10-12,14-15H2,(H,24,26)/t17-,20+/m0/s1. The summed E-state index contributed by atoms with van der Waals surface area (Å²) in [7, 11) is 0. The molecule has 2 aromatic carbocycles. The molecule has 0 saturated carbocycles. The first-order valence-electron chi connectivity index (χ1n) is 9.68. The Morgan fingerprint density at radius 2 is 2.07 bits per heavy atom. The van der Waals surface area contributed by atoms with Gasteiger partial charge in [0.15, 0.2) is 0 Å². The smallest absolute Gasteiger partial charge is 0.224 e. The van der Waals surface area contributed by atoms with Crippen molar-refractivity contribution in [3.8, 4) is 5.75 Å². The van der Waals surface area contributed by atoms with Gasteiger partial charge >= 0.3 is 0 Å². The van der Waals surface area contributed by atoms with Crippen LogP contribution in [0.2, 0.25) is 0 Å². The third-order valence-electron chi connectivity index (χ3n) is 5.45. The normalized spacial score (nSPS) is 22.6. The van der Waals surface area contributed by atoms with Crippen LogP contribution in [0.4, 0.5) is 4.39 Å². The van der Waals surface area contributed by atoms with Crippen LogP contribution in [0.1, 0.15) is 36.4 Å². The van der Waals surface area contributed by atoms with E-state index in [1.165, 1.54) is 6.07 Å². The highest BCUT2D eigenvalue weighted by Crippen LogP contribution is 2.32. The van der Waals surface area contributed by atoms with Gasteiger partial charge in [0.1, 0.15) is 11.6 Å². The zero-order valence-electron chi connectivity index (χ0n) is 15.4. The first-order chi connectivity index (χ1) is 13.2. The van der Waals surface area contributed by atoms with Crippen LogP contribution in [0, 0.1) is 11.7 Å². The van der Waals surface area contributed by atoms with Crippen LogP contribution >= 0.6 is 0 Å². The van der Waals surface area contributed by atoms with E-state index in [1.807, 2.05) is 30.3 Å². The Labute approximate surface area is 159 Å². The molecule has 2 atom stereocenters. The number of likely N-dealkylation sites (tertiary alicyclic amines) is 1. The van der Waals surface area contributed by atoms with E-state index in [9.17, 15) is 9.18 Å². The summed E-state index contributed by atoms with van der Waals surface area (Å²) < 4.78 is 19.1. The summed E-state index contributed by atoms with van der Waals surface area (Å²) in [6.45, 7) is 2.97. The molecule has 1 amide bonds. The third-order valence-corrected chi connectivity index (χ3v) is 5.45. The number of nitrogens with zero attached hydrogens (tertiary/aromatic N) is 1. The molecule has 2 aromatic rings. The van der Waals surface area contributed by atoms with Crippen molar-refractivity contribution in [3.05, 3.63) is 65.5 Å². The maximum absolute atomic E-state index is 13.4. The molecule has 2 aliphatic rings. The van der Waals surface area contributed by atoms with Crippen LogP contribution in [0.25, 0.3) is 0 Å². The molecule has 0 spiro atoms. The van der Waals surface area contributed by atoms with E-state index in [-0.39, 0.29) is 23.7 Å². The molecule has 2 heterocycles. The summed E-state index contributed by atoms with van der Waals surface area (Å²) in [5, 5.41) is 3.23. The number of hydrogen-bond acceptors (Lipinski definition) is 3. The molecule has 5 heteroatoms. The molecule has 27 heavy (non-hydrogen) atoms. The second-order valence-corrected chi connectivity index (χ2v) is 7.44. The van der Waals surface area contributed by atoms with Crippen molar-refractivity contribution in [2.75, 3.05) is 19.7 Å². The van der Waals surface area contributed by atoms with Crippen LogP contribution in [-0.4, -0.2) is 30.5 Å². The van der Waals surface area contributed by atoms with Gasteiger partial charge in [-0.15, -0.1) is 0 Å². The summed E-state index contributed by atoms with van der Waals surface area (Å²) in [5.74, 6) is 0.741. The number of carbonyl (C=O) groups is 1. The lowest BCUT2D eigenvalue weighted by atomic mass is 9.94. The molecule has 4 rings (SSSR count). The average molecular weight is 368 g/mol. The first kappa shape index (κ1) is 18.0. The number of piperidine rings is 1. The number of halogens is 1. The zero-order chi connectivity index (χ0) is 18.6. The predicted molar refractivity (Wildman–Crippen MR) is 102 cm³/mol. The van der Waals surface area contributed by atoms with Gasteiger partial charge in [-0.25, -0.2) is 4.39 Å². The highest BCUT2D eigenvalue weighted by atomic mass is 19.1. The lowest BCUT2D eigenvalue weighted by molar-refractivity contribution is -0.127. The number of amides is 1. The van der Waals surface area contributed by atoms with Gasteiger partial charge in [0.2, 0.25) is 5.91 Å². The summed E-state index contributed by atoms with van der Waals surface area (Å²) >= 11 is 0. The van der Waals surface area contributed by atoms with E-state index in [2.05, 4.69) is 10.2 Å². The molecule has 0 aromatic heterocycles. The summed E-state index contributed by atoms with van der Waals surface area (Å²) in [4.78, 5) is 15.1. The minimum atomic E-state index is -0.211. The van der Waals surface area contributed by atoms with E-state index in [1.54, 1.807) is 12.1 Å². The van der Waals surface area contributed by atoms with E-state index in [0.29, 0.717) is 19.7 Å². The van der Waals surface area contributed by atoms with Crippen LogP contribution in [0.3, 0.4) is 0 Å². The molecule has 2 aliphatic heterocycles. The molecule has 1 fully saturated rings. The second kappa shape index (κ2) is 8.09. The van der Waals surface area contributed by atoms with Crippen molar-refractivity contribution in [1.82, 2.24) is 10.2 Å². The maximum atomic E-state index is 13.4. The molecule has 4 nitrogen and oxygen atoms in total. The van der Waals surface area contributed by atoms with Crippen molar-refractivity contribution in [3.63, 3.8) is 0 Å². The quantitative estimate of drug-likeness (QED) is 0.895. The number of nitrogens with one attached hydrogen (secondary N) is 1. The molecule has 1 saturated heterocycles. The number of hydrogen-bond donors (Lipinski definition) is 1. The molecular weight excluding hydrogens is 343 g/mol. The topological polar surface area (TPSA) is 41.6 Å². The van der Waals surface area contributed by atoms with Gasteiger partial charge in [-0.05, 0) is 43.1 Å². The highest BCUT2D eigenvalue weighted by Gasteiger charge is 2.29. The van der Waals surface area contributed by atoms with Crippen molar-refractivity contribution in [2.24, 2.45) is 5.92 Å². The Kier molecular flexibility index (Phi) is 5.39. The van der Waals surface area contributed by atoms with Gasteiger partial charge in [-0.1, -0.05) is 30.3 Å². The van der Waals surface area contributed by atoms with Gasteiger partial charge in [0.05, 0.1) is 18.6 Å². The van der Waals surface area contributed by atoms with E-state index >= 15 is 0 Å². The van der Waals surface area contributed by atoms with Crippen LogP contribution < -0.4 is 10.1 Å². The Morgan fingerprint density at radius 1 is 1.19 bits per heavy atom. The molecule has 142 valence electrons. The summed E-state index contributed by atoms with van der Waals surface area (Å²) in [6.07, 6.45) is 2.68. The fourth-order valence-electron chi connectivity index (χ4n) is 4.09. The monoisotopic (exact) mass is 368 g/mol. The SMILES string of the molecule is O=C(N[C@@H]1CCOc2ccccc21)[C@H]1CCCN(Cc2cccc(F)c2)C1. The Hall–Kier alpha value is -2.40. The van der Waals surface area contributed by atoms with Crippen LogP contribution in [0.5, 0.6) is 5.75 Å². The van der Waals surface area contributed by atoms with E-state index in [4.69, 9.17) is 4.74 Å². The highest BCUT2D eigenvalue weighted by molar-refractivity contribution is 5.79. The summed E-state index contributed by atoms with van der Waals surface area (Å²) in [5.41, 5.74) is 2.01.